The highest BCUT2D eigenvalue weighted by molar-refractivity contribution is 5.72. The first-order valence-corrected chi connectivity index (χ1v) is 7.21. The van der Waals surface area contributed by atoms with E-state index in [9.17, 15) is 0 Å². The van der Waals surface area contributed by atoms with Gasteiger partial charge in [0.1, 0.15) is 5.82 Å². The average Bonchev–Trinajstić information content (AvgIpc) is 2.61. The van der Waals surface area contributed by atoms with Crippen LogP contribution in [0.15, 0.2) is 24.3 Å². The number of benzene rings is 1. The summed E-state index contributed by atoms with van der Waals surface area (Å²) >= 11 is 0. The van der Waals surface area contributed by atoms with E-state index in [1.54, 1.807) is 0 Å². The molecule has 3 heteroatoms. The Morgan fingerprint density at radius 2 is 2.11 bits per heavy atom. The van der Waals surface area contributed by atoms with Crippen LogP contribution in [0.25, 0.3) is 11.3 Å². The fourth-order valence-electron chi connectivity index (χ4n) is 2.85. The number of fused-ring (bicyclic) bond motifs is 1. The standard InChI is InChI=1S/C16H21N3/c1-3-19-16-14(10-6-7-11-17-16)15(18-19)13-9-5-4-8-12(13)2/h4-5,8-9,17H,3,6-7,10-11H2,1-2H3. The Balaban J connectivity index is 2.16. The maximum atomic E-state index is 4.84. The Bertz CT molecular complexity index is 584. The molecule has 0 spiro atoms. The molecule has 1 aliphatic heterocycles. The molecule has 0 fully saturated rings. The predicted octanol–water partition coefficient (Wildman–Crippen LogP) is 3.63. The van der Waals surface area contributed by atoms with Gasteiger partial charge >= 0.3 is 0 Å². The van der Waals surface area contributed by atoms with Gasteiger partial charge in [-0.3, -0.25) is 0 Å². The van der Waals surface area contributed by atoms with Crippen molar-refractivity contribution in [2.75, 3.05) is 11.9 Å². The van der Waals surface area contributed by atoms with Crippen LogP contribution in [0, 0.1) is 6.92 Å². The van der Waals surface area contributed by atoms with E-state index < -0.39 is 0 Å². The van der Waals surface area contributed by atoms with E-state index in [2.05, 4.69) is 48.1 Å². The third-order valence-electron chi connectivity index (χ3n) is 3.90. The zero-order valence-electron chi connectivity index (χ0n) is 11.7. The quantitative estimate of drug-likeness (QED) is 0.888. The molecule has 0 saturated carbocycles. The lowest BCUT2D eigenvalue weighted by Gasteiger charge is -2.06. The van der Waals surface area contributed by atoms with Crippen LogP contribution in [-0.4, -0.2) is 16.3 Å². The Kier molecular flexibility index (Phi) is 3.28. The van der Waals surface area contributed by atoms with Gasteiger partial charge in [0.25, 0.3) is 0 Å². The largest absolute Gasteiger partial charge is 0.370 e. The molecule has 3 nitrogen and oxygen atoms in total. The average molecular weight is 255 g/mol. The molecule has 0 amide bonds. The van der Waals surface area contributed by atoms with E-state index in [1.807, 2.05) is 0 Å². The first-order chi connectivity index (χ1) is 9.31. The lowest BCUT2D eigenvalue weighted by Crippen LogP contribution is -2.07. The summed E-state index contributed by atoms with van der Waals surface area (Å²) in [7, 11) is 0. The van der Waals surface area contributed by atoms with E-state index in [0.29, 0.717) is 0 Å². The first-order valence-electron chi connectivity index (χ1n) is 7.21. The van der Waals surface area contributed by atoms with Crippen LogP contribution in [0.4, 0.5) is 5.82 Å². The summed E-state index contributed by atoms with van der Waals surface area (Å²) in [5, 5.41) is 8.39. The van der Waals surface area contributed by atoms with Crippen molar-refractivity contribution in [3.63, 3.8) is 0 Å². The molecular formula is C16H21N3. The van der Waals surface area contributed by atoms with Crippen LogP contribution in [0.5, 0.6) is 0 Å². The highest BCUT2D eigenvalue weighted by Gasteiger charge is 2.20. The fraction of sp³-hybridized carbons (Fsp3) is 0.438. The zero-order valence-corrected chi connectivity index (χ0v) is 11.7. The second-order valence-corrected chi connectivity index (χ2v) is 5.19. The van der Waals surface area contributed by atoms with Gasteiger partial charge in [0.2, 0.25) is 0 Å². The minimum atomic E-state index is 0.918. The van der Waals surface area contributed by atoms with Gasteiger partial charge in [-0.2, -0.15) is 5.10 Å². The molecule has 1 aliphatic rings. The molecule has 1 aromatic carbocycles. The molecule has 0 aliphatic carbocycles. The number of rotatable bonds is 2. The third kappa shape index (κ3) is 2.14. The van der Waals surface area contributed by atoms with E-state index in [1.165, 1.54) is 41.0 Å². The van der Waals surface area contributed by atoms with Crippen molar-refractivity contribution in [2.24, 2.45) is 0 Å². The topological polar surface area (TPSA) is 29.9 Å². The van der Waals surface area contributed by atoms with Crippen molar-refractivity contribution in [3.8, 4) is 11.3 Å². The molecule has 2 aromatic rings. The van der Waals surface area contributed by atoms with Gasteiger partial charge in [0.05, 0.1) is 5.69 Å². The molecule has 0 atom stereocenters. The summed E-state index contributed by atoms with van der Waals surface area (Å²) in [6.45, 7) is 6.30. The van der Waals surface area contributed by atoms with Crippen LogP contribution in [0.2, 0.25) is 0 Å². The number of anilines is 1. The number of hydrogen-bond donors (Lipinski definition) is 1. The summed E-state index contributed by atoms with van der Waals surface area (Å²) in [5.41, 5.74) is 5.14. The molecule has 0 bridgehead atoms. The van der Waals surface area contributed by atoms with Crippen molar-refractivity contribution < 1.29 is 0 Å². The molecule has 2 heterocycles. The monoisotopic (exact) mass is 255 g/mol. The number of nitrogens with one attached hydrogen (secondary N) is 1. The molecular weight excluding hydrogens is 234 g/mol. The van der Waals surface area contributed by atoms with Crippen LogP contribution in [0.1, 0.15) is 30.9 Å². The highest BCUT2D eigenvalue weighted by Crippen LogP contribution is 2.33. The second-order valence-electron chi connectivity index (χ2n) is 5.19. The molecule has 1 N–H and O–H groups in total. The van der Waals surface area contributed by atoms with Gasteiger partial charge in [-0.05, 0) is 38.7 Å². The van der Waals surface area contributed by atoms with Crippen molar-refractivity contribution >= 4 is 5.82 Å². The van der Waals surface area contributed by atoms with Gasteiger partial charge < -0.3 is 5.32 Å². The Morgan fingerprint density at radius 3 is 2.89 bits per heavy atom. The Hall–Kier alpha value is -1.77. The number of aromatic nitrogens is 2. The summed E-state index contributed by atoms with van der Waals surface area (Å²) < 4.78 is 2.11. The highest BCUT2D eigenvalue weighted by atomic mass is 15.3. The lowest BCUT2D eigenvalue weighted by molar-refractivity contribution is 0.665. The van der Waals surface area contributed by atoms with Crippen molar-refractivity contribution in [2.45, 2.75) is 39.7 Å². The van der Waals surface area contributed by atoms with Crippen LogP contribution in [0.3, 0.4) is 0 Å². The Morgan fingerprint density at radius 1 is 1.26 bits per heavy atom. The van der Waals surface area contributed by atoms with E-state index >= 15 is 0 Å². The van der Waals surface area contributed by atoms with E-state index in [-0.39, 0.29) is 0 Å². The molecule has 100 valence electrons. The summed E-state index contributed by atoms with van der Waals surface area (Å²) in [6, 6.07) is 8.54. The molecule has 3 rings (SSSR count). The fourth-order valence-corrected chi connectivity index (χ4v) is 2.85. The summed E-state index contributed by atoms with van der Waals surface area (Å²) in [6.07, 6.45) is 3.62. The van der Waals surface area contributed by atoms with Crippen LogP contribution in [-0.2, 0) is 13.0 Å². The number of hydrogen-bond acceptors (Lipinski definition) is 2. The van der Waals surface area contributed by atoms with Gasteiger partial charge in [0.15, 0.2) is 0 Å². The number of aryl methyl sites for hydroxylation is 2. The van der Waals surface area contributed by atoms with E-state index in [4.69, 9.17) is 5.10 Å². The lowest BCUT2D eigenvalue weighted by atomic mass is 10.00. The van der Waals surface area contributed by atoms with Gasteiger partial charge in [-0.1, -0.05) is 24.3 Å². The van der Waals surface area contributed by atoms with Gasteiger partial charge in [-0.15, -0.1) is 0 Å². The van der Waals surface area contributed by atoms with Gasteiger partial charge in [0, 0.05) is 24.2 Å². The maximum Gasteiger partial charge on any atom is 0.128 e. The molecule has 0 unspecified atom stereocenters. The SMILES string of the molecule is CCn1nc(-c2ccccc2C)c2c1NCCCC2. The number of nitrogens with zero attached hydrogens (tertiary/aromatic N) is 2. The summed E-state index contributed by atoms with van der Waals surface area (Å²) in [5.74, 6) is 1.23. The molecule has 0 saturated heterocycles. The third-order valence-corrected chi connectivity index (χ3v) is 3.90. The van der Waals surface area contributed by atoms with Crippen molar-refractivity contribution in [1.82, 2.24) is 9.78 Å². The molecule has 19 heavy (non-hydrogen) atoms. The normalized spacial score (nSPS) is 14.6. The zero-order chi connectivity index (χ0) is 13.2. The van der Waals surface area contributed by atoms with Crippen LogP contribution >= 0.6 is 0 Å². The summed E-state index contributed by atoms with van der Waals surface area (Å²) in [4.78, 5) is 0. The predicted molar refractivity (Wildman–Crippen MR) is 79.5 cm³/mol. The van der Waals surface area contributed by atoms with Crippen molar-refractivity contribution in [1.29, 1.82) is 0 Å². The Labute approximate surface area is 114 Å². The first kappa shape index (κ1) is 12.3. The van der Waals surface area contributed by atoms with Gasteiger partial charge in [-0.25, -0.2) is 4.68 Å². The molecule has 0 radical (unpaired) electrons. The second kappa shape index (κ2) is 5.08. The minimum absolute atomic E-state index is 0.918. The minimum Gasteiger partial charge on any atom is -0.370 e. The van der Waals surface area contributed by atoms with Crippen LogP contribution < -0.4 is 5.32 Å². The molecule has 1 aromatic heterocycles. The van der Waals surface area contributed by atoms with Crippen molar-refractivity contribution in [3.05, 3.63) is 35.4 Å². The van der Waals surface area contributed by atoms with E-state index in [0.717, 1.165) is 19.5 Å². The smallest absolute Gasteiger partial charge is 0.128 e. The maximum absolute atomic E-state index is 4.84.